The van der Waals surface area contributed by atoms with E-state index in [0.29, 0.717) is 0 Å². The maximum Gasteiger partial charge on any atom is -0.0308 e. The van der Waals surface area contributed by atoms with E-state index in [9.17, 15) is 0 Å². The fourth-order valence-electron chi connectivity index (χ4n) is 0.482. The second kappa shape index (κ2) is 22.5. The summed E-state index contributed by atoms with van der Waals surface area (Å²) >= 11 is 0. The molecule has 0 radical (unpaired) electrons. The minimum Gasteiger partial charge on any atom is -0.0991 e. The van der Waals surface area contributed by atoms with Crippen LogP contribution in [0.2, 0.25) is 0 Å². The standard InChI is InChI=1S/C8H12.C2H6.2CH4/c1-4-7-8(5-2)6-3;1-2;;/h4-5,7H,1-2,6H2,3H3;1-2H3;2*1H4/b8-7+;;;. The summed E-state index contributed by atoms with van der Waals surface area (Å²) in [6.07, 6.45) is 6.63. The molecule has 0 aromatic heterocycles. The molecule has 0 spiro atoms. The Balaban J connectivity index is -0.0000000740. The summed E-state index contributed by atoms with van der Waals surface area (Å²) in [7, 11) is 0. The van der Waals surface area contributed by atoms with Crippen LogP contribution in [0.25, 0.3) is 0 Å². The third-order valence-electron chi connectivity index (χ3n) is 1.00. The van der Waals surface area contributed by atoms with Crippen molar-refractivity contribution in [3.8, 4) is 0 Å². The zero-order valence-electron chi connectivity index (χ0n) is 7.35. The van der Waals surface area contributed by atoms with Crippen molar-refractivity contribution in [2.75, 3.05) is 0 Å². The van der Waals surface area contributed by atoms with Crippen molar-refractivity contribution >= 4 is 0 Å². The summed E-state index contributed by atoms with van der Waals surface area (Å²) < 4.78 is 0. The van der Waals surface area contributed by atoms with E-state index >= 15 is 0 Å². The molecule has 0 bridgehead atoms. The second-order valence-corrected chi connectivity index (χ2v) is 1.53. The molecule has 0 nitrogen and oxygen atoms in total. The molecule has 0 heterocycles. The molecule has 0 saturated heterocycles. The van der Waals surface area contributed by atoms with E-state index in [-0.39, 0.29) is 14.9 Å². The summed E-state index contributed by atoms with van der Waals surface area (Å²) in [6.45, 7) is 13.3. The van der Waals surface area contributed by atoms with E-state index in [1.165, 1.54) is 5.57 Å². The summed E-state index contributed by atoms with van der Waals surface area (Å²) in [6, 6.07) is 0. The van der Waals surface area contributed by atoms with Crippen LogP contribution >= 0.6 is 0 Å². The highest BCUT2D eigenvalue weighted by Crippen LogP contribution is 1.99. The van der Waals surface area contributed by atoms with Gasteiger partial charge in [-0.1, -0.05) is 67.0 Å². The molecule has 0 atom stereocenters. The molecule has 0 saturated carbocycles. The SMILES string of the molecule is C.C.C=C/C=C(\C=C)CC.CC. The Morgan fingerprint density at radius 2 is 1.58 bits per heavy atom. The fourth-order valence-corrected chi connectivity index (χ4v) is 0.482. The van der Waals surface area contributed by atoms with Crippen molar-refractivity contribution in [1.29, 1.82) is 0 Å². The Morgan fingerprint density at radius 1 is 1.17 bits per heavy atom. The summed E-state index contributed by atoms with van der Waals surface area (Å²) in [4.78, 5) is 0. The molecular formula is C12H26. The summed E-state index contributed by atoms with van der Waals surface area (Å²) in [5, 5.41) is 0. The molecular weight excluding hydrogens is 144 g/mol. The van der Waals surface area contributed by atoms with Gasteiger partial charge in [-0.05, 0) is 12.0 Å². The predicted octanol–water partition coefficient (Wildman–Crippen LogP) is 4.99. The van der Waals surface area contributed by atoms with Gasteiger partial charge in [0.2, 0.25) is 0 Å². The van der Waals surface area contributed by atoms with Crippen molar-refractivity contribution in [2.45, 2.75) is 42.0 Å². The van der Waals surface area contributed by atoms with Gasteiger partial charge >= 0.3 is 0 Å². The first-order valence-corrected chi connectivity index (χ1v) is 3.79. The minimum atomic E-state index is 0. The van der Waals surface area contributed by atoms with Crippen molar-refractivity contribution < 1.29 is 0 Å². The Kier molecular flexibility index (Phi) is 42.1. The van der Waals surface area contributed by atoms with E-state index in [0.717, 1.165) is 6.42 Å². The third-order valence-corrected chi connectivity index (χ3v) is 1.00. The van der Waals surface area contributed by atoms with Crippen molar-refractivity contribution in [1.82, 2.24) is 0 Å². The summed E-state index contributed by atoms with van der Waals surface area (Å²) in [5.41, 5.74) is 1.24. The molecule has 74 valence electrons. The number of hydrogen-bond donors (Lipinski definition) is 0. The molecule has 0 aliphatic rings. The van der Waals surface area contributed by atoms with E-state index in [2.05, 4.69) is 20.1 Å². The van der Waals surface area contributed by atoms with Crippen LogP contribution in [-0.4, -0.2) is 0 Å². The van der Waals surface area contributed by atoms with Gasteiger partial charge in [0.15, 0.2) is 0 Å². The molecule has 0 amide bonds. The van der Waals surface area contributed by atoms with Crippen LogP contribution < -0.4 is 0 Å². The van der Waals surface area contributed by atoms with Crippen LogP contribution in [0.5, 0.6) is 0 Å². The van der Waals surface area contributed by atoms with E-state index in [4.69, 9.17) is 0 Å². The van der Waals surface area contributed by atoms with Crippen LogP contribution in [-0.2, 0) is 0 Å². The maximum atomic E-state index is 3.63. The van der Waals surface area contributed by atoms with Gasteiger partial charge in [-0.25, -0.2) is 0 Å². The average molecular weight is 170 g/mol. The molecule has 0 heteroatoms. The van der Waals surface area contributed by atoms with Crippen molar-refractivity contribution in [2.24, 2.45) is 0 Å². The Hall–Kier alpha value is -0.780. The first-order chi connectivity index (χ1) is 4.85. The highest BCUT2D eigenvalue weighted by molar-refractivity contribution is 5.20. The maximum absolute atomic E-state index is 3.63. The topological polar surface area (TPSA) is 0 Å². The van der Waals surface area contributed by atoms with Gasteiger partial charge in [-0.15, -0.1) is 0 Å². The zero-order valence-corrected chi connectivity index (χ0v) is 7.35. The average Bonchev–Trinajstić information content (AvgIpc) is 2.04. The first-order valence-electron chi connectivity index (χ1n) is 3.79. The lowest BCUT2D eigenvalue weighted by Gasteiger charge is -1.89. The van der Waals surface area contributed by atoms with Crippen LogP contribution in [0.1, 0.15) is 42.0 Å². The highest BCUT2D eigenvalue weighted by Gasteiger charge is 1.79. The van der Waals surface area contributed by atoms with Gasteiger partial charge in [0.25, 0.3) is 0 Å². The van der Waals surface area contributed by atoms with Gasteiger partial charge < -0.3 is 0 Å². The molecule has 12 heavy (non-hydrogen) atoms. The highest BCUT2D eigenvalue weighted by atomic mass is 13.8. The Labute approximate surface area is 79.7 Å². The molecule has 0 rings (SSSR count). The third kappa shape index (κ3) is 16.1. The lowest BCUT2D eigenvalue weighted by molar-refractivity contribution is 1.15. The quantitative estimate of drug-likeness (QED) is 0.523. The van der Waals surface area contributed by atoms with Crippen LogP contribution in [0.15, 0.2) is 37.0 Å². The monoisotopic (exact) mass is 170 g/mol. The molecule has 0 N–H and O–H groups in total. The molecule has 0 unspecified atom stereocenters. The van der Waals surface area contributed by atoms with E-state index < -0.39 is 0 Å². The molecule has 0 aliphatic carbocycles. The molecule has 0 aromatic rings. The normalized spacial score (nSPS) is 7.75. The minimum absolute atomic E-state index is 0. The smallest absolute Gasteiger partial charge is 0.0308 e. The number of allylic oxidation sites excluding steroid dienone is 4. The Bertz CT molecular complexity index is 107. The Morgan fingerprint density at radius 3 is 1.67 bits per heavy atom. The lowest BCUT2D eigenvalue weighted by atomic mass is 10.2. The van der Waals surface area contributed by atoms with Gasteiger partial charge in [0, 0.05) is 0 Å². The predicted molar refractivity (Wildman–Crippen MR) is 63.6 cm³/mol. The van der Waals surface area contributed by atoms with Gasteiger partial charge in [-0.3, -0.25) is 0 Å². The molecule has 0 aliphatic heterocycles. The van der Waals surface area contributed by atoms with Crippen molar-refractivity contribution in [3.63, 3.8) is 0 Å². The zero-order chi connectivity index (χ0) is 8.41. The number of hydrogen-bond acceptors (Lipinski definition) is 0. The number of rotatable bonds is 3. The van der Waals surface area contributed by atoms with E-state index in [1.807, 2.05) is 26.0 Å². The molecule has 0 fully saturated rings. The van der Waals surface area contributed by atoms with Gasteiger partial charge in [0.1, 0.15) is 0 Å². The fraction of sp³-hybridized carbons (Fsp3) is 0.500. The molecule has 0 aromatic carbocycles. The lowest BCUT2D eigenvalue weighted by Crippen LogP contribution is -1.68. The summed E-state index contributed by atoms with van der Waals surface area (Å²) in [5.74, 6) is 0. The second-order valence-electron chi connectivity index (χ2n) is 1.53. The van der Waals surface area contributed by atoms with Crippen molar-refractivity contribution in [3.05, 3.63) is 37.0 Å². The van der Waals surface area contributed by atoms with Gasteiger partial charge in [0.05, 0.1) is 0 Å². The van der Waals surface area contributed by atoms with Gasteiger partial charge in [-0.2, -0.15) is 0 Å². The van der Waals surface area contributed by atoms with Crippen LogP contribution in [0.4, 0.5) is 0 Å². The van der Waals surface area contributed by atoms with Crippen LogP contribution in [0, 0.1) is 0 Å². The van der Waals surface area contributed by atoms with Crippen LogP contribution in [0.3, 0.4) is 0 Å². The first kappa shape index (κ1) is 22.5. The van der Waals surface area contributed by atoms with E-state index in [1.54, 1.807) is 6.08 Å². The largest absolute Gasteiger partial charge is 0.0991 e.